The van der Waals surface area contributed by atoms with Gasteiger partial charge < -0.3 is 5.73 Å². The summed E-state index contributed by atoms with van der Waals surface area (Å²) in [5, 5.41) is 0. The van der Waals surface area contributed by atoms with Crippen LogP contribution in [0.25, 0.3) is 0 Å². The lowest BCUT2D eigenvalue weighted by Gasteiger charge is -2.37. The second-order valence-corrected chi connectivity index (χ2v) is 5.32. The summed E-state index contributed by atoms with van der Waals surface area (Å²) in [7, 11) is 0. The third-order valence-corrected chi connectivity index (χ3v) is 4.35. The first kappa shape index (κ1) is 10.4. The third-order valence-electron chi connectivity index (χ3n) is 4.35. The fourth-order valence-corrected chi connectivity index (χ4v) is 3.14. The highest BCUT2D eigenvalue weighted by Gasteiger charge is 2.34. The smallest absolute Gasteiger partial charge is 0.0113 e. The maximum absolute atomic E-state index is 6.05. The zero-order valence-electron chi connectivity index (χ0n) is 9.58. The highest BCUT2D eigenvalue weighted by atomic mass is 15.2. The molecule has 1 saturated carbocycles. The van der Waals surface area contributed by atoms with Gasteiger partial charge >= 0.3 is 0 Å². The van der Waals surface area contributed by atoms with Crippen LogP contribution in [0.1, 0.15) is 46.0 Å². The Morgan fingerprint density at radius 2 is 1.93 bits per heavy atom. The maximum atomic E-state index is 6.05. The summed E-state index contributed by atoms with van der Waals surface area (Å²) in [5.74, 6) is 0.883. The van der Waals surface area contributed by atoms with Crippen molar-refractivity contribution in [2.75, 3.05) is 6.54 Å². The van der Waals surface area contributed by atoms with Crippen LogP contribution in [0.3, 0.4) is 0 Å². The standard InChI is InChI=1S/C12H24N2/c1-9-6-7-14(10(9)2)12-5-3-4-11(13)8-12/h9-12H,3-8,13H2,1-2H3. The summed E-state index contributed by atoms with van der Waals surface area (Å²) < 4.78 is 0. The minimum atomic E-state index is 0.469. The van der Waals surface area contributed by atoms with Crippen LogP contribution in [0.15, 0.2) is 0 Å². The molecule has 2 aliphatic rings. The van der Waals surface area contributed by atoms with E-state index in [-0.39, 0.29) is 0 Å². The average molecular weight is 196 g/mol. The number of nitrogens with zero attached hydrogens (tertiary/aromatic N) is 1. The fourth-order valence-electron chi connectivity index (χ4n) is 3.14. The van der Waals surface area contributed by atoms with E-state index in [1.54, 1.807) is 0 Å². The summed E-state index contributed by atoms with van der Waals surface area (Å²) >= 11 is 0. The molecular formula is C12H24N2. The van der Waals surface area contributed by atoms with E-state index in [2.05, 4.69) is 18.7 Å². The second-order valence-electron chi connectivity index (χ2n) is 5.32. The van der Waals surface area contributed by atoms with Crippen molar-refractivity contribution >= 4 is 0 Å². The molecule has 1 heterocycles. The van der Waals surface area contributed by atoms with E-state index in [0.717, 1.165) is 18.0 Å². The summed E-state index contributed by atoms with van der Waals surface area (Å²) in [4.78, 5) is 2.71. The van der Waals surface area contributed by atoms with E-state index >= 15 is 0 Å². The molecule has 2 fully saturated rings. The molecule has 1 aliphatic heterocycles. The van der Waals surface area contributed by atoms with Gasteiger partial charge in [-0.2, -0.15) is 0 Å². The molecule has 0 aromatic rings. The topological polar surface area (TPSA) is 29.3 Å². The Hall–Kier alpha value is -0.0800. The molecule has 2 N–H and O–H groups in total. The van der Waals surface area contributed by atoms with Crippen molar-refractivity contribution in [3.8, 4) is 0 Å². The van der Waals surface area contributed by atoms with Gasteiger partial charge in [0, 0.05) is 18.1 Å². The summed E-state index contributed by atoms with van der Waals surface area (Å²) in [6.07, 6.45) is 6.58. The molecule has 0 amide bonds. The van der Waals surface area contributed by atoms with Crippen LogP contribution in [0.2, 0.25) is 0 Å². The molecule has 0 spiro atoms. The van der Waals surface area contributed by atoms with Gasteiger partial charge in [-0.3, -0.25) is 4.90 Å². The van der Waals surface area contributed by atoms with E-state index in [1.807, 2.05) is 0 Å². The number of hydrogen-bond acceptors (Lipinski definition) is 2. The maximum Gasteiger partial charge on any atom is 0.0113 e. The first-order valence-electron chi connectivity index (χ1n) is 6.20. The SMILES string of the molecule is CC1CCN(C2CCCC(N)C2)C1C. The molecule has 0 aromatic carbocycles. The number of nitrogens with two attached hydrogens (primary N) is 1. The molecule has 1 aliphatic carbocycles. The Kier molecular flexibility index (Phi) is 3.13. The Morgan fingerprint density at radius 3 is 2.50 bits per heavy atom. The first-order valence-corrected chi connectivity index (χ1v) is 6.20. The number of rotatable bonds is 1. The van der Waals surface area contributed by atoms with E-state index in [0.29, 0.717) is 6.04 Å². The highest BCUT2D eigenvalue weighted by Crippen LogP contribution is 2.31. The lowest BCUT2D eigenvalue weighted by atomic mass is 9.90. The molecule has 0 aromatic heterocycles. The van der Waals surface area contributed by atoms with Crippen LogP contribution in [-0.2, 0) is 0 Å². The van der Waals surface area contributed by atoms with Crippen LogP contribution in [0.4, 0.5) is 0 Å². The van der Waals surface area contributed by atoms with Crippen molar-refractivity contribution in [3.63, 3.8) is 0 Å². The van der Waals surface area contributed by atoms with Crippen LogP contribution < -0.4 is 5.73 Å². The Bertz CT molecular complexity index is 193. The van der Waals surface area contributed by atoms with Gasteiger partial charge in [-0.25, -0.2) is 0 Å². The fraction of sp³-hybridized carbons (Fsp3) is 1.00. The first-order chi connectivity index (χ1) is 6.68. The molecule has 2 heteroatoms. The summed E-state index contributed by atoms with van der Waals surface area (Å²) in [5.41, 5.74) is 6.05. The zero-order valence-corrected chi connectivity index (χ0v) is 9.58. The van der Waals surface area contributed by atoms with Crippen molar-refractivity contribution in [1.82, 2.24) is 4.90 Å². The van der Waals surface area contributed by atoms with Gasteiger partial charge in [-0.05, 0) is 45.1 Å². The van der Waals surface area contributed by atoms with Crippen LogP contribution in [-0.4, -0.2) is 29.6 Å². The Balaban J connectivity index is 1.94. The molecule has 2 rings (SSSR count). The Morgan fingerprint density at radius 1 is 1.14 bits per heavy atom. The monoisotopic (exact) mass is 196 g/mol. The second kappa shape index (κ2) is 4.19. The summed E-state index contributed by atoms with van der Waals surface area (Å²) in [6.45, 7) is 6.07. The predicted molar refractivity (Wildman–Crippen MR) is 60.2 cm³/mol. The van der Waals surface area contributed by atoms with Crippen LogP contribution >= 0.6 is 0 Å². The molecular weight excluding hydrogens is 172 g/mol. The van der Waals surface area contributed by atoms with E-state index in [9.17, 15) is 0 Å². The van der Waals surface area contributed by atoms with Gasteiger partial charge in [0.25, 0.3) is 0 Å². The van der Waals surface area contributed by atoms with Crippen molar-refractivity contribution in [1.29, 1.82) is 0 Å². The average Bonchev–Trinajstić information content (AvgIpc) is 2.48. The van der Waals surface area contributed by atoms with Crippen molar-refractivity contribution in [2.45, 2.75) is 64.1 Å². The molecule has 14 heavy (non-hydrogen) atoms. The van der Waals surface area contributed by atoms with Crippen LogP contribution in [0, 0.1) is 5.92 Å². The van der Waals surface area contributed by atoms with E-state index < -0.39 is 0 Å². The molecule has 0 radical (unpaired) electrons. The number of hydrogen-bond donors (Lipinski definition) is 1. The van der Waals surface area contributed by atoms with Crippen molar-refractivity contribution < 1.29 is 0 Å². The molecule has 4 unspecified atom stereocenters. The molecule has 1 saturated heterocycles. The van der Waals surface area contributed by atoms with Gasteiger partial charge in [0.2, 0.25) is 0 Å². The normalized spacial score (nSPS) is 45.6. The van der Waals surface area contributed by atoms with Gasteiger partial charge in [0.05, 0.1) is 0 Å². The van der Waals surface area contributed by atoms with Crippen LogP contribution in [0.5, 0.6) is 0 Å². The van der Waals surface area contributed by atoms with E-state index in [1.165, 1.54) is 38.6 Å². The van der Waals surface area contributed by atoms with Crippen molar-refractivity contribution in [3.05, 3.63) is 0 Å². The van der Waals surface area contributed by atoms with Gasteiger partial charge in [0.1, 0.15) is 0 Å². The largest absolute Gasteiger partial charge is 0.328 e. The zero-order chi connectivity index (χ0) is 10.1. The van der Waals surface area contributed by atoms with Crippen molar-refractivity contribution in [2.24, 2.45) is 11.7 Å². The molecule has 4 atom stereocenters. The highest BCUT2D eigenvalue weighted by molar-refractivity contribution is 4.90. The van der Waals surface area contributed by atoms with E-state index in [4.69, 9.17) is 5.73 Å². The van der Waals surface area contributed by atoms with Gasteiger partial charge in [-0.15, -0.1) is 0 Å². The molecule has 2 nitrogen and oxygen atoms in total. The Labute approximate surface area is 87.8 Å². The predicted octanol–water partition coefficient (Wildman–Crippen LogP) is 1.99. The summed E-state index contributed by atoms with van der Waals surface area (Å²) in [6, 6.07) is 2.04. The minimum Gasteiger partial charge on any atom is -0.328 e. The van der Waals surface area contributed by atoms with Gasteiger partial charge in [0.15, 0.2) is 0 Å². The molecule has 82 valence electrons. The van der Waals surface area contributed by atoms with Gasteiger partial charge in [-0.1, -0.05) is 13.3 Å². The quantitative estimate of drug-likeness (QED) is 0.695. The lowest BCUT2D eigenvalue weighted by Crippen LogP contribution is -2.44. The minimum absolute atomic E-state index is 0.469. The number of likely N-dealkylation sites (tertiary alicyclic amines) is 1. The molecule has 0 bridgehead atoms. The third kappa shape index (κ3) is 1.96. The lowest BCUT2D eigenvalue weighted by molar-refractivity contribution is 0.132.